The van der Waals surface area contributed by atoms with Crippen LogP contribution in [0.1, 0.15) is 46.5 Å². The first kappa shape index (κ1) is 13.4. The third-order valence-electron chi connectivity index (χ3n) is 5.11. The SMILES string of the molecule is CC(C)(O)[C@]1(C)SC(=N[C@H]2C[C@H]3CC[C@H]2C3)NC1=O. The fourth-order valence-corrected chi connectivity index (χ4v) is 4.57. The van der Waals surface area contributed by atoms with Crippen LogP contribution in [-0.4, -0.2) is 32.6 Å². The normalized spacial score (nSPS) is 44.1. The fraction of sp³-hybridized carbons (Fsp3) is 0.857. The number of carbonyl (C=O) groups is 1. The predicted molar refractivity (Wildman–Crippen MR) is 77.1 cm³/mol. The number of thioether (sulfide) groups is 1. The molecule has 3 aliphatic rings. The Morgan fingerprint density at radius 3 is 2.63 bits per heavy atom. The van der Waals surface area contributed by atoms with Crippen LogP contribution in [0.4, 0.5) is 0 Å². The molecule has 5 heteroatoms. The average molecular weight is 282 g/mol. The number of amides is 1. The Balaban J connectivity index is 1.76. The van der Waals surface area contributed by atoms with Crippen molar-refractivity contribution in [1.29, 1.82) is 0 Å². The van der Waals surface area contributed by atoms with Crippen molar-refractivity contribution in [3.8, 4) is 0 Å². The van der Waals surface area contributed by atoms with E-state index in [1.807, 2.05) is 0 Å². The Kier molecular flexibility index (Phi) is 2.98. The lowest BCUT2D eigenvalue weighted by molar-refractivity contribution is -0.126. The summed E-state index contributed by atoms with van der Waals surface area (Å²) in [6.07, 6.45) is 5.12. The molecule has 1 aliphatic heterocycles. The second-order valence-corrected chi connectivity index (χ2v) is 8.23. The molecule has 0 aromatic heterocycles. The van der Waals surface area contributed by atoms with Gasteiger partial charge in [-0.05, 0) is 51.9 Å². The van der Waals surface area contributed by atoms with E-state index in [-0.39, 0.29) is 5.91 Å². The summed E-state index contributed by atoms with van der Waals surface area (Å²) in [5.74, 6) is 1.43. The number of nitrogens with zero attached hydrogens (tertiary/aromatic N) is 1. The molecule has 0 aromatic carbocycles. The summed E-state index contributed by atoms with van der Waals surface area (Å²) >= 11 is 1.38. The van der Waals surface area contributed by atoms with Crippen LogP contribution in [0.5, 0.6) is 0 Å². The highest BCUT2D eigenvalue weighted by Crippen LogP contribution is 2.47. The second-order valence-electron chi connectivity index (χ2n) is 6.82. The molecule has 0 spiro atoms. The highest BCUT2D eigenvalue weighted by atomic mass is 32.2. The monoisotopic (exact) mass is 282 g/mol. The van der Waals surface area contributed by atoms with E-state index >= 15 is 0 Å². The predicted octanol–water partition coefficient (Wildman–Crippen LogP) is 1.92. The Bertz CT molecular complexity index is 443. The van der Waals surface area contributed by atoms with Gasteiger partial charge in [-0.25, -0.2) is 0 Å². The molecule has 3 rings (SSSR count). The summed E-state index contributed by atoms with van der Waals surface area (Å²) in [5.41, 5.74) is -1.06. The van der Waals surface area contributed by atoms with Crippen molar-refractivity contribution in [2.24, 2.45) is 16.8 Å². The Labute approximate surface area is 118 Å². The molecule has 19 heavy (non-hydrogen) atoms. The van der Waals surface area contributed by atoms with Gasteiger partial charge in [0.05, 0.1) is 11.6 Å². The number of aliphatic imine (C=N–C) groups is 1. The Hall–Kier alpha value is -0.550. The van der Waals surface area contributed by atoms with Gasteiger partial charge in [-0.1, -0.05) is 18.2 Å². The molecule has 106 valence electrons. The molecule has 4 atom stereocenters. The maximum Gasteiger partial charge on any atom is 0.245 e. The van der Waals surface area contributed by atoms with Gasteiger partial charge < -0.3 is 10.4 Å². The topological polar surface area (TPSA) is 61.7 Å². The molecular formula is C14H22N2O2S. The number of rotatable bonds is 2. The van der Waals surface area contributed by atoms with Crippen molar-refractivity contribution in [2.45, 2.75) is 62.8 Å². The molecular weight excluding hydrogens is 260 g/mol. The number of hydrogen-bond acceptors (Lipinski definition) is 4. The minimum absolute atomic E-state index is 0.132. The van der Waals surface area contributed by atoms with Crippen molar-refractivity contribution in [3.05, 3.63) is 0 Å². The molecule has 4 nitrogen and oxygen atoms in total. The second kappa shape index (κ2) is 4.22. The zero-order valence-electron chi connectivity index (χ0n) is 11.8. The van der Waals surface area contributed by atoms with Gasteiger partial charge in [0.1, 0.15) is 4.75 Å². The molecule has 2 saturated carbocycles. The van der Waals surface area contributed by atoms with Gasteiger partial charge in [-0.3, -0.25) is 9.79 Å². The molecule has 2 bridgehead atoms. The van der Waals surface area contributed by atoms with Crippen molar-refractivity contribution < 1.29 is 9.90 Å². The molecule has 2 N–H and O–H groups in total. The molecule has 1 amide bonds. The van der Waals surface area contributed by atoms with Crippen molar-refractivity contribution >= 4 is 22.8 Å². The molecule has 1 saturated heterocycles. The smallest absolute Gasteiger partial charge is 0.245 e. The number of aliphatic hydroxyl groups is 1. The molecule has 1 heterocycles. The van der Waals surface area contributed by atoms with E-state index in [1.165, 1.54) is 37.4 Å². The third kappa shape index (κ3) is 2.11. The lowest BCUT2D eigenvalue weighted by Crippen LogP contribution is -2.50. The Morgan fingerprint density at radius 2 is 2.16 bits per heavy atom. The minimum atomic E-state index is -1.06. The molecule has 2 aliphatic carbocycles. The van der Waals surface area contributed by atoms with Gasteiger partial charge in [0.25, 0.3) is 0 Å². The van der Waals surface area contributed by atoms with E-state index in [4.69, 9.17) is 4.99 Å². The van der Waals surface area contributed by atoms with Gasteiger partial charge in [-0.15, -0.1) is 0 Å². The maximum absolute atomic E-state index is 12.1. The standard InChI is InChI=1S/C14H22N2O2S/c1-13(2,18)14(3)11(17)16-12(19-14)15-10-7-8-4-5-9(10)6-8/h8-10,18H,4-7H2,1-3H3,(H,15,16,17)/t8-,9-,10-,14+/m0/s1. The zero-order valence-corrected chi connectivity index (χ0v) is 12.6. The summed E-state index contributed by atoms with van der Waals surface area (Å²) in [5, 5.41) is 13.7. The van der Waals surface area contributed by atoms with E-state index in [1.54, 1.807) is 20.8 Å². The van der Waals surface area contributed by atoms with Crippen molar-refractivity contribution in [3.63, 3.8) is 0 Å². The van der Waals surface area contributed by atoms with Crippen LogP contribution in [0.25, 0.3) is 0 Å². The number of amidine groups is 1. The van der Waals surface area contributed by atoms with Crippen molar-refractivity contribution in [1.82, 2.24) is 5.32 Å². The molecule has 3 fully saturated rings. The summed E-state index contributed by atoms with van der Waals surface area (Å²) in [4.78, 5) is 16.9. The van der Waals surface area contributed by atoms with E-state index in [9.17, 15) is 9.90 Å². The van der Waals surface area contributed by atoms with Gasteiger partial charge in [0.15, 0.2) is 5.17 Å². The van der Waals surface area contributed by atoms with E-state index in [2.05, 4.69) is 5.32 Å². The number of fused-ring (bicyclic) bond motifs is 2. The lowest BCUT2D eigenvalue weighted by Gasteiger charge is -2.32. The summed E-state index contributed by atoms with van der Waals surface area (Å²) < 4.78 is -0.844. The van der Waals surface area contributed by atoms with E-state index < -0.39 is 10.3 Å². The van der Waals surface area contributed by atoms with E-state index in [0.717, 1.165) is 5.92 Å². The van der Waals surface area contributed by atoms with Crippen LogP contribution >= 0.6 is 11.8 Å². The molecule has 0 aromatic rings. The maximum atomic E-state index is 12.1. The van der Waals surface area contributed by atoms with Crippen LogP contribution in [0.3, 0.4) is 0 Å². The van der Waals surface area contributed by atoms with Crippen LogP contribution < -0.4 is 5.32 Å². The van der Waals surface area contributed by atoms with Crippen LogP contribution in [0.2, 0.25) is 0 Å². The first-order chi connectivity index (χ1) is 8.79. The largest absolute Gasteiger partial charge is 0.388 e. The summed E-state index contributed by atoms with van der Waals surface area (Å²) in [6.45, 7) is 5.15. The highest BCUT2D eigenvalue weighted by Gasteiger charge is 2.53. The highest BCUT2D eigenvalue weighted by molar-refractivity contribution is 8.16. The lowest BCUT2D eigenvalue weighted by atomic mass is 9.91. The van der Waals surface area contributed by atoms with Gasteiger partial charge in [0, 0.05) is 0 Å². The van der Waals surface area contributed by atoms with Gasteiger partial charge in [-0.2, -0.15) is 0 Å². The fourth-order valence-electron chi connectivity index (χ4n) is 3.46. The Morgan fingerprint density at radius 1 is 1.42 bits per heavy atom. The average Bonchev–Trinajstić information content (AvgIpc) is 2.94. The molecule has 0 radical (unpaired) electrons. The van der Waals surface area contributed by atoms with Gasteiger partial charge in [0.2, 0.25) is 5.91 Å². The van der Waals surface area contributed by atoms with E-state index in [0.29, 0.717) is 17.1 Å². The van der Waals surface area contributed by atoms with Crippen LogP contribution in [-0.2, 0) is 4.79 Å². The van der Waals surface area contributed by atoms with Crippen LogP contribution in [0, 0.1) is 11.8 Å². The van der Waals surface area contributed by atoms with Crippen molar-refractivity contribution in [2.75, 3.05) is 0 Å². The number of carbonyl (C=O) groups excluding carboxylic acids is 1. The van der Waals surface area contributed by atoms with Gasteiger partial charge >= 0.3 is 0 Å². The number of hydrogen-bond donors (Lipinski definition) is 2. The quantitative estimate of drug-likeness (QED) is 0.813. The van der Waals surface area contributed by atoms with Crippen LogP contribution in [0.15, 0.2) is 4.99 Å². The first-order valence-electron chi connectivity index (χ1n) is 7.10. The minimum Gasteiger partial charge on any atom is -0.388 e. The summed E-state index contributed by atoms with van der Waals surface area (Å²) in [7, 11) is 0. The molecule has 0 unspecified atom stereocenters. The zero-order chi connectivity index (χ0) is 13.8. The first-order valence-corrected chi connectivity index (χ1v) is 7.92. The summed E-state index contributed by atoms with van der Waals surface area (Å²) in [6, 6.07) is 0.380. The third-order valence-corrected chi connectivity index (χ3v) is 6.60. The number of nitrogens with one attached hydrogen (secondary N) is 1.